The number of nitrogens with zero attached hydrogens (tertiary/aromatic N) is 2. The van der Waals surface area contributed by atoms with E-state index in [-0.39, 0.29) is 21.9 Å². The van der Waals surface area contributed by atoms with Crippen molar-refractivity contribution in [3.8, 4) is 33.6 Å². The van der Waals surface area contributed by atoms with Crippen molar-refractivity contribution in [1.29, 1.82) is 0 Å². The Morgan fingerprint density at radius 2 is 1.00 bits per heavy atom. The molecule has 10 heteroatoms. The average Bonchev–Trinajstić information content (AvgIpc) is 3.93. The minimum atomic E-state index is 0.164. The summed E-state index contributed by atoms with van der Waals surface area (Å²) in [6, 6.07) is 47.3. The molecule has 0 aliphatic rings. The lowest BCUT2D eigenvalue weighted by atomic mass is 9.64. The third-order valence-electron chi connectivity index (χ3n) is 11.7. The largest absolute Gasteiger partial charge is 0.456 e. The van der Waals surface area contributed by atoms with Crippen molar-refractivity contribution < 1.29 is 4.42 Å². The van der Waals surface area contributed by atoms with Crippen LogP contribution in [0.3, 0.4) is 0 Å². The number of hydrogen-bond acceptors (Lipinski definition) is 1. The first kappa shape index (κ1) is 34.8. The highest BCUT2D eigenvalue weighted by atomic mass is 16.3. The molecule has 0 amide bonds. The summed E-state index contributed by atoms with van der Waals surface area (Å²) < 4.78 is 10.5. The van der Waals surface area contributed by atoms with Crippen LogP contribution in [0, 0.1) is 0 Å². The quantitative estimate of drug-likeness (QED) is 0.243. The lowest BCUT2D eigenvalue weighted by Crippen LogP contribution is -2.48. The van der Waals surface area contributed by atoms with Gasteiger partial charge >= 0.3 is 0 Å². The molecule has 3 heterocycles. The first-order valence-electron chi connectivity index (χ1n) is 18.9. The monoisotopic (exact) mass is 720 g/mol. The summed E-state index contributed by atoms with van der Waals surface area (Å²) in [6.07, 6.45) is 0. The topological polar surface area (TPSA) is 23.0 Å². The van der Waals surface area contributed by atoms with Crippen LogP contribution in [0.25, 0.3) is 99.2 Å². The first-order valence-corrected chi connectivity index (χ1v) is 18.9. The lowest BCUT2D eigenvalue weighted by molar-refractivity contribution is 0.668. The Morgan fingerprint density at radius 3 is 1.78 bits per heavy atom. The standard InChI is InChI=1S/C48H23B7N2O/c49-39-36(25-18-21-33-32(22-25)31-16-9-15-28(24-10-3-1-4-11-24)46(31)56(33)26-12-5-2-6-13-26)40(50)44(54)47-37(39)38-41(51)42(52)43(53)45(55)48(38)57(47)27-19-20-30-29-14-7-8-17-34(29)58-35(30)23-27/h1-23H. The van der Waals surface area contributed by atoms with Crippen molar-refractivity contribution in [2.24, 2.45) is 0 Å². The van der Waals surface area contributed by atoms with E-state index >= 15 is 0 Å². The van der Waals surface area contributed by atoms with E-state index in [1.807, 2.05) is 65.2 Å². The number of fused-ring (bicyclic) bond motifs is 9. The van der Waals surface area contributed by atoms with Gasteiger partial charge < -0.3 is 13.6 Å². The number of hydrogen-bond donors (Lipinski definition) is 0. The number of rotatable bonds is 4. The highest BCUT2D eigenvalue weighted by Crippen LogP contribution is 2.40. The van der Waals surface area contributed by atoms with Gasteiger partial charge in [0.1, 0.15) is 66.1 Å². The third kappa shape index (κ3) is 4.78. The maximum absolute atomic E-state index is 7.34. The summed E-state index contributed by atoms with van der Waals surface area (Å²) in [5.41, 5.74) is 11.7. The Kier molecular flexibility index (Phi) is 7.69. The second-order valence-corrected chi connectivity index (χ2v) is 14.8. The molecule has 0 aliphatic heterocycles. The molecule has 3 nitrogen and oxygen atoms in total. The van der Waals surface area contributed by atoms with Gasteiger partial charge in [0.05, 0.1) is 11.0 Å². The Morgan fingerprint density at radius 1 is 0.362 bits per heavy atom. The van der Waals surface area contributed by atoms with Gasteiger partial charge in [-0.1, -0.05) is 118 Å². The van der Waals surface area contributed by atoms with Crippen LogP contribution in [0.1, 0.15) is 0 Å². The van der Waals surface area contributed by atoms with E-state index in [4.69, 9.17) is 59.3 Å². The minimum absolute atomic E-state index is 0.164. The number of benzene rings is 8. The van der Waals surface area contributed by atoms with E-state index in [0.29, 0.717) is 55.0 Å². The van der Waals surface area contributed by atoms with Crippen LogP contribution in [0.4, 0.5) is 0 Å². The summed E-state index contributed by atoms with van der Waals surface area (Å²) in [6.45, 7) is 0. The predicted octanol–water partition coefficient (Wildman–Crippen LogP) is 4.67. The van der Waals surface area contributed by atoms with E-state index in [1.165, 1.54) is 0 Å². The van der Waals surface area contributed by atoms with Crippen molar-refractivity contribution in [1.82, 2.24) is 9.13 Å². The van der Waals surface area contributed by atoms with E-state index in [0.717, 1.165) is 60.5 Å². The van der Waals surface area contributed by atoms with Gasteiger partial charge in [0.15, 0.2) is 0 Å². The summed E-state index contributed by atoms with van der Waals surface area (Å²) in [5.74, 6) is 0. The van der Waals surface area contributed by atoms with Crippen molar-refractivity contribution in [2.45, 2.75) is 0 Å². The van der Waals surface area contributed by atoms with Crippen molar-refractivity contribution in [3.63, 3.8) is 0 Å². The van der Waals surface area contributed by atoms with E-state index in [9.17, 15) is 0 Å². The van der Waals surface area contributed by atoms with Gasteiger partial charge in [-0.15, -0.1) is 10.9 Å². The lowest BCUT2D eigenvalue weighted by Gasteiger charge is -2.19. The van der Waals surface area contributed by atoms with Gasteiger partial charge in [0, 0.05) is 61.0 Å². The second-order valence-electron chi connectivity index (χ2n) is 14.8. The Labute approximate surface area is 343 Å². The van der Waals surface area contributed by atoms with Gasteiger partial charge in [-0.05, 0) is 64.5 Å². The molecule has 11 aromatic rings. The number of furan rings is 1. The van der Waals surface area contributed by atoms with Gasteiger partial charge in [-0.25, -0.2) is 0 Å². The first-order chi connectivity index (χ1) is 28.2. The van der Waals surface area contributed by atoms with E-state index in [1.54, 1.807) is 0 Å². The fraction of sp³-hybridized carbons (Fsp3) is 0. The molecule has 58 heavy (non-hydrogen) atoms. The molecular weight excluding hydrogens is 696 g/mol. The smallest absolute Gasteiger partial charge is 0.137 e. The van der Waals surface area contributed by atoms with E-state index in [2.05, 4.69) is 83.4 Å². The Hall–Kier alpha value is -6.39. The van der Waals surface area contributed by atoms with E-state index < -0.39 is 0 Å². The highest BCUT2D eigenvalue weighted by molar-refractivity contribution is 6.69. The van der Waals surface area contributed by atoms with Gasteiger partial charge in [0.2, 0.25) is 0 Å². The highest BCUT2D eigenvalue weighted by Gasteiger charge is 2.25. The molecule has 252 valence electrons. The molecule has 0 fully saturated rings. The maximum atomic E-state index is 7.34. The van der Waals surface area contributed by atoms with Crippen LogP contribution in [0.2, 0.25) is 0 Å². The van der Waals surface area contributed by atoms with Crippen LogP contribution in [-0.2, 0) is 0 Å². The Bertz CT molecular complexity index is 3530. The minimum Gasteiger partial charge on any atom is -0.456 e. The fourth-order valence-electron chi connectivity index (χ4n) is 9.03. The third-order valence-corrected chi connectivity index (χ3v) is 11.7. The molecule has 0 atom stereocenters. The summed E-state index contributed by atoms with van der Waals surface area (Å²) >= 11 is 0. The van der Waals surface area contributed by atoms with Crippen LogP contribution in [-0.4, -0.2) is 64.1 Å². The second kappa shape index (κ2) is 12.8. The van der Waals surface area contributed by atoms with Gasteiger partial charge in [0.25, 0.3) is 0 Å². The average molecular weight is 719 g/mol. The van der Waals surface area contributed by atoms with Crippen LogP contribution in [0.15, 0.2) is 144 Å². The van der Waals surface area contributed by atoms with Crippen molar-refractivity contribution in [2.75, 3.05) is 0 Å². The Balaban J connectivity index is 1.22. The summed E-state index contributed by atoms with van der Waals surface area (Å²) in [7, 11) is 48.4. The molecule has 14 radical (unpaired) electrons. The normalized spacial score (nSPS) is 11.9. The van der Waals surface area contributed by atoms with Gasteiger partial charge in [-0.2, -0.15) is 0 Å². The zero-order valence-corrected chi connectivity index (χ0v) is 31.1. The molecule has 11 rings (SSSR count). The summed E-state index contributed by atoms with van der Waals surface area (Å²) in [5, 5.41) is 5.16. The molecule has 0 bridgehead atoms. The molecule has 0 N–H and O–H groups in total. The molecule has 0 saturated heterocycles. The zero-order chi connectivity index (χ0) is 39.6. The van der Waals surface area contributed by atoms with Crippen LogP contribution in [0.5, 0.6) is 0 Å². The summed E-state index contributed by atoms with van der Waals surface area (Å²) in [4.78, 5) is 0. The molecular formula is C48H23B7N2O. The van der Waals surface area contributed by atoms with Crippen LogP contribution >= 0.6 is 0 Å². The molecule has 0 aliphatic carbocycles. The van der Waals surface area contributed by atoms with Gasteiger partial charge in [-0.3, -0.25) is 0 Å². The SMILES string of the molecule is [B]c1c([B])c([B])c2c(c1[B])c1c([B])c(-c3ccc4c(c3)c3cccc(-c5ccccc5)c3n4-c3ccccc3)c([B])c([B])c1n2-c1ccc2c(c1)oc1ccccc12. The molecule has 0 saturated carbocycles. The molecule has 3 aromatic heterocycles. The molecule has 0 unspecified atom stereocenters. The number of aromatic nitrogens is 2. The van der Waals surface area contributed by atoms with Crippen molar-refractivity contribution in [3.05, 3.63) is 140 Å². The van der Waals surface area contributed by atoms with Crippen molar-refractivity contribution >= 4 is 159 Å². The zero-order valence-electron chi connectivity index (χ0n) is 31.1. The van der Waals surface area contributed by atoms with Crippen LogP contribution < -0.4 is 38.2 Å². The predicted molar refractivity (Wildman–Crippen MR) is 251 cm³/mol. The maximum Gasteiger partial charge on any atom is 0.137 e. The molecule has 8 aromatic carbocycles. The fourth-order valence-corrected chi connectivity index (χ4v) is 9.03. The number of para-hydroxylation sites is 3. The molecule has 0 spiro atoms.